The van der Waals surface area contributed by atoms with Crippen LogP contribution < -0.4 is 4.74 Å². The molecule has 0 amide bonds. The van der Waals surface area contributed by atoms with Crippen molar-refractivity contribution in [2.45, 2.75) is 86.7 Å². The summed E-state index contributed by atoms with van der Waals surface area (Å²) in [6, 6.07) is 13.9. The topological polar surface area (TPSA) is 63.6 Å². The second-order valence-corrected chi connectivity index (χ2v) is 11.0. The van der Waals surface area contributed by atoms with Gasteiger partial charge >= 0.3 is 0 Å². The van der Waals surface area contributed by atoms with Gasteiger partial charge in [0.2, 0.25) is 9.84 Å². The normalized spacial score (nSPS) is 21.2. The van der Waals surface area contributed by atoms with Gasteiger partial charge in [0, 0.05) is 0 Å². The maximum Gasteiger partial charge on any atom is 0.206 e. The minimum atomic E-state index is -3.55. The maximum absolute atomic E-state index is 12.9. The van der Waals surface area contributed by atoms with E-state index < -0.39 is 9.84 Å². The third-order valence-corrected chi connectivity index (χ3v) is 7.38. The molecule has 5 heteroatoms. The lowest BCUT2D eigenvalue weighted by molar-refractivity contribution is 0.106. The average Bonchev–Trinajstić information content (AvgIpc) is 2.66. The number of rotatable bonds is 4. The van der Waals surface area contributed by atoms with Gasteiger partial charge in [0.05, 0.1) is 22.0 Å². The minimum absolute atomic E-state index is 0.0175. The van der Waals surface area contributed by atoms with E-state index in [2.05, 4.69) is 20.8 Å². The highest BCUT2D eigenvalue weighted by molar-refractivity contribution is 7.91. The summed E-state index contributed by atoms with van der Waals surface area (Å²) in [5.74, 6) is 0.693. The smallest absolute Gasteiger partial charge is 0.206 e. The van der Waals surface area contributed by atoms with Crippen LogP contribution >= 0.6 is 0 Å². The standard InChI is InChI=1S/C24H32O4S/c1-24(2,3)18-10-14-22(15-11-18)29(26,27)23-16-12-21(13-17-23)28-20-8-4-6-19(25)7-5-9-20/h10-17,19-20,25H,4-9H2,1-3H3/t19-,20+. The Kier molecular flexibility index (Phi) is 6.69. The van der Waals surface area contributed by atoms with Crippen LogP contribution in [0.4, 0.5) is 0 Å². The van der Waals surface area contributed by atoms with Crippen molar-refractivity contribution in [1.29, 1.82) is 0 Å². The quantitative estimate of drug-likeness (QED) is 0.736. The molecule has 3 rings (SSSR count). The van der Waals surface area contributed by atoms with Crippen LogP contribution in [-0.2, 0) is 15.3 Å². The van der Waals surface area contributed by atoms with Crippen LogP contribution in [0.5, 0.6) is 5.75 Å². The van der Waals surface area contributed by atoms with Crippen molar-refractivity contribution in [3.63, 3.8) is 0 Å². The molecule has 0 aliphatic heterocycles. The monoisotopic (exact) mass is 416 g/mol. The lowest BCUT2D eigenvalue weighted by Gasteiger charge is -2.23. The minimum Gasteiger partial charge on any atom is -0.490 e. The SMILES string of the molecule is CC(C)(C)c1ccc(S(=O)(=O)c2ccc(O[C@H]3CCC[C@@H](O)CCC3)cc2)cc1. The zero-order chi connectivity index (χ0) is 21.1. The summed E-state index contributed by atoms with van der Waals surface area (Å²) in [6.45, 7) is 6.31. The molecule has 4 nitrogen and oxygen atoms in total. The van der Waals surface area contributed by atoms with E-state index in [1.54, 1.807) is 36.4 Å². The van der Waals surface area contributed by atoms with Crippen LogP contribution in [0.25, 0.3) is 0 Å². The Labute approximate surface area is 174 Å². The van der Waals surface area contributed by atoms with Crippen LogP contribution in [-0.4, -0.2) is 25.7 Å². The number of hydrogen-bond acceptors (Lipinski definition) is 4. The molecule has 1 aliphatic rings. The average molecular weight is 417 g/mol. The van der Waals surface area contributed by atoms with E-state index in [4.69, 9.17) is 4.74 Å². The molecule has 2 aromatic rings. The van der Waals surface area contributed by atoms with Crippen LogP contribution in [0, 0.1) is 0 Å². The number of hydrogen-bond donors (Lipinski definition) is 1. The van der Waals surface area contributed by atoms with Gasteiger partial charge in [-0.15, -0.1) is 0 Å². The number of aliphatic hydroxyl groups is 1. The van der Waals surface area contributed by atoms with Crippen molar-refractivity contribution in [3.05, 3.63) is 54.1 Å². The highest BCUT2D eigenvalue weighted by atomic mass is 32.2. The van der Waals surface area contributed by atoms with Crippen molar-refractivity contribution in [1.82, 2.24) is 0 Å². The Morgan fingerprint density at radius 2 is 1.31 bits per heavy atom. The first-order chi connectivity index (χ1) is 13.7. The van der Waals surface area contributed by atoms with Gasteiger partial charge in [-0.05, 0) is 85.9 Å². The van der Waals surface area contributed by atoms with E-state index in [-0.39, 0.29) is 22.5 Å². The van der Waals surface area contributed by atoms with Gasteiger partial charge < -0.3 is 9.84 Å². The summed E-state index contributed by atoms with van der Waals surface area (Å²) in [4.78, 5) is 0.576. The first kappa shape index (κ1) is 21.8. The zero-order valence-electron chi connectivity index (χ0n) is 17.6. The molecule has 158 valence electrons. The van der Waals surface area contributed by atoms with Gasteiger partial charge in [0.15, 0.2) is 0 Å². The van der Waals surface area contributed by atoms with Gasteiger partial charge in [-0.25, -0.2) is 8.42 Å². The lowest BCUT2D eigenvalue weighted by Crippen LogP contribution is -2.21. The van der Waals surface area contributed by atoms with Crippen molar-refractivity contribution >= 4 is 9.84 Å². The number of benzene rings is 2. The second-order valence-electron chi connectivity index (χ2n) is 9.00. The third kappa shape index (κ3) is 5.61. The Balaban J connectivity index is 1.70. The Morgan fingerprint density at radius 3 is 1.79 bits per heavy atom. The number of ether oxygens (including phenoxy) is 1. The second kappa shape index (κ2) is 8.88. The first-order valence-electron chi connectivity index (χ1n) is 10.5. The Bertz CT molecular complexity index is 883. The lowest BCUT2D eigenvalue weighted by atomic mass is 9.87. The van der Waals surface area contributed by atoms with Gasteiger partial charge in [0.25, 0.3) is 0 Å². The van der Waals surface area contributed by atoms with Crippen LogP contribution in [0.15, 0.2) is 58.3 Å². The van der Waals surface area contributed by atoms with Crippen LogP contribution in [0.3, 0.4) is 0 Å². The van der Waals surface area contributed by atoms with Crippen LogP contribution in [0.1, 0.15) is 64.9 Å². The van der Waals surface area contributed by atoms with Crippen molar-refractivity contribution in [2.24, 2.45) is 0 Å². The summed E-state index contributed by atoms with van der Waals surface area (Å²) < 4.78 is 32.0. The van der Waals surface area contributed by atoms with Gasteiger partial charge in [-0.2, -0.15) is 0 Å². The molecule has 0 unspecified atom stereocenters. The molecule has 2 aromatic carbocycles. The first-order valence-corrected chi connectivity index (χ1v) is 11.9. The molecule has 1 N–H and O–H groups in total. The summed E-state index contributed by atoms with van der Waals surface area (Å²) in [5, 5.41) is 9.75. The molecule has 0 bridgehead atoms. The molecule has 29 heavy (non-hydrogen) atoms. The number of sulfone groups is 1. The fourth-order valence-electron chi connectivity index (χ4n) is 3.73. The van der Waals surface area contributed by atoms with E-state index >= 15 is 0 Å². The fourth-order valence-corrected chi connectivity index (χ4v) is 4.99. The summed E-state index contributed by atoms with van der Waals surface area (Å²) in [6.07, 6.45) is 5.31. The van der Waals surface area contributed by atoms with Gasteiger partial charge in [-0.3, -0.25) is 0 Å². The predicted molar refractivity (Wildman–Crippen MR) is 115 cm³/mol. The molecule has 0 atom stereocenters. The highest BCUT2D eigenvalue weighted by Gasteiger charge is 2.21. The van der Waals surface area contributed by atoms with Crippen molar-refractivity contribution in [3.8, 4) is 5.75 Å². The van der Waals surface area contributed by atoms with Gasteiger partial charge in [-0.1, -0.05) is 32.9 Å². The van der Waals surface area contributed by atoms with E-state index in [0.29, 0.717) is 10.6 Å². The third-order valence-electron chi connectivity index (χ3n) is 5.59. The molecule has 1 saturated carbocycles. The van der Waals surface area contributed by atoms with Gasteiger partial charge in [0.1, 0.15) is 5.75 Å². The Morgan fingerprint density at radius 1 is 0.828 bits per heavy atom. The molecule has 0 aromatic heterocycles. The molecular weight excluding hydrogens is 384 g/mol. The van der Waals surface area contributed by atoms with E-state index in [0.717, 1.165) is 44.1 Å². The van der Waals surface area contributed by atoms with E-state index in [1.807, 2.05) is 12.1 Å². The molecule has 0 spiro atoms. The van der Waals surface area contributed by atoms with Crippen molar-refractivity contribution < 1.29 is 18.3 Å². The maximum atomic E-state index is 12.9. The molecule has 0 heterocycles. The zero-order valence-corrected chi connectivity index (χ0v) is 18.4. The molecule has 0 radical (unpaired) electrons. The van der Waals surface area contributed by atoms with E-state index in [1.165, 1.54) is 0 Å². The Hall–Kier alpha value is -1.85. The summed E-state index contributed by atoms with van der Waals surface area (Å²) in [5.41, 5.74) is 1.09. The fraction of sp³-hybridized carbons (Fsp3) is 0.500. The highest BCUT2D eigenvalue weighted by Crippen LogP contribution is 2.28. The van der Waals surface area contributed by atoms with Crippen LogP contribution in [0.2, 0.25) is 0 Å². The predicted octanol–water partition coefficient (Wildman–Crippen LogP) is 5.28. The molecule has 1 aliphatic carbocycles. The molecular formula is C24H32O4S. The summed E-state index contributed by atoms with van der Waals surface area (Å²) >= 11 is 0. The molecule has 0 saturated heterocycles. The largest absolute Gasteiger partial charge is 0.490 e. The van der Waals surface area contributed by atoms with E-state index in [9.17, 15) is 13.5 Å². The van der Waals surface area contributed by atoms with Crippen molar-refractivity contribution in [2.75, 3.05) is 0 Å². The number of aliphatic hydroxyl groups excluding tert-OH is 1. The summed E-state index contributed by atoms with van der Waals surface area (Å²) in [7, 11) is -3.55. The molecule has 1 fully saturated rings.